The Morgan fingerprint density at radius 1 is 1.30 bits per heavy atom. The van der Waals surface area contributed by atoms with Gasteiger partial charge in [0, 0.05) is 0 Å². The molecule has 6 nitrogen and oxygen atoms in total. The van der Waals surface area contributed by atoms with Gasteiger partial charge in [-0.1, -0.05) is 30.3 Å². The summed E-state index contributed by atoms with van der Waals surface area (Å²) in [6.45, 7) is 2.35. The lowest BCUT2D eigenvalue weighted by molar-refractivity contribution is 0.0532. The number of hydrogen-bond acceptors (Lipinski definition) is 4. The SMILES string of the molecule is Cc1nc2c(=O)n(COCc3ccccc3)ncc2[nH]1. The highest BCUT2D eigenvalue weighted by molar-refractivity contribution is 5.72. The predicted octanol–water partition coefficient (Wildman–Crippen LogP) is 1.60. The largest absolute Gasteiger partial charge is 0.354 e. The Kier molecular flexibility index (Phi) is 3.30. The molecule has 3 rings (SSSR count). The number of nitrogens with zero attached hydrogens (tertiary/aromatic N) is 3. The fraction of sp³-hybridized carbons (Fsp3) is 0.214. The Balaban J connectivity index is 1.75. The van der Waals surface area contributed by atoms with Crippen LogP contribution in [0.15, 0.2) is 41.3 Å². The summed E-state index contributed by atoms with van der Waals surface area (Å²) in [6, 6.07) is 9.78. The van der Waals surface area contributed by atoms with Crippen LogP contribution in [0.25, 0.3) is 11.0 Å². The summed E-state index contributed by atoms with van der Waals surface area (Å²) in [6.07, 6.45) is 1.59. The number of H-pyrrole nitrogens is 1. The Morgan fingerprint density at radius 3 is 2.90 bits per heavy atom. The molecule has 20 heavy (non-hydrogen) atoms. The van der Waals surface area contributed by atoms with Gasteiger partial charge in [-0.15, -0.1) is 0 Å². The van der Waals surface area contributed by atoms with Crippen molar-refractivity contribution in [3.8, 4) is 0 Å². The highest BCUT2D eigenvalue weighted by Crippen LogP contribution is 2.04. The normalized spacial score (nSPS) is 11.1. The monoisotopic (exact) mass is 270 g/mol. The first kappa shape index (κ1) is 12.6. The average Bonchev–Trinajstić information content (AvgIpc) is 2.84. The lowest BCUT2D eigenvalue weighted by Crippen LogP contribution is -2.24. The molecule has 0 aliphatic heterocycles. The molecule has 3 aromatic rings. The van der Waals surface area contributed by atoms with Crippen molar-refractivity contribution >= 4 is 11.0 Å². The minimum absolute atomic E-state index is 0.107. The molecule has 0 aliphatic rings. The first-order valence-corrected chi connectivity index (χ1v) is 6.28. The van der Waals surface area contributed by atoms with E-state index >= 15 is 0 Å². The highest BCUT2D eigenvalue weighted by Gasteiger charge is 2.07. The molecule has 0 amide bonds. The minimum atomic E-state index is -0.250. The van der Waals surface area contributed by atoms with Crippen molar-refractivity contribution in [3.63, 3.8) is 0 Å². The summed E-state index contributed by atoms with van der Waals surface area (Å²) in [5, 5.41) is 4.06. The third-order valence-electron chi connectivity index (χ3n) is 2.94. The van der Waals surface area contributed by atoms with Crippen molar-refractivity contribution in [2.24, 2.45) is 0 Å². The smallest absolute Gasteiger partial charge is 0.297 e. The fourth-order valence-electron chi connectivity index (χ4n) is 1.98. The summed E-state index contributed by atoms with van der Waals surface area (Å²) in [5.41, 5.74) is 1.84. The van der Waals surface area contributed by atoms with Gasteiger partial charge < -0.3 is 9.72 Å². The minimum Gasteiger partial charge on any atom is -0.354 e. The van der Waals surface area contributed by atoms with Crippen LogP contribution in [0.5, 0.6) is 0 Å². The van der Waals surface area contributed by atoms with Crippen molar-refractivity contribution in [2.45, 2.75) is 20.3 Å². The molecule has 0 fully saturated rings. The van der Waals surface area contributed by atoms with E-state index in [0.717, 1.165) is 5.56 Å². The zero-order valence-corrected chi connectivity index (χ0v) is 11.0. The van der Waals surface area contributed by atoms with Crippen molar-refractivity contribution < 1.29 is 4.74 Å². The van der Waals surface area contributed by atoms with Crippen molar-refractivity contribution in [1.82, 2.24) is 19.7 Å². The van der Waals surface area contributed by atoms with Crippen molar-refractivity contribution in [3.05, 3.63) is 58.3 Å². The third kappa shape index (κ3) is 2.46. The summed E-state index contributed by atoms with van der Waals surface area (Å²) in [4.78, 5) is 19.3. The highest BCUT2D eigenvalue weighted by atomic mass is 16.5. The number of aromatic amines is 1. The summed E-state index contributed by atoms with van der Waals surface area (Å²) >= 11 is 0. The van der Waals surface area contributed by atoms with Crippen molar-refractivity contribution in [2.75, 3.05) is 0 Å². The van der Waals surface area contributed by atoms with Crippen molar-refractivity contribution in [1.29, 1.82) is 0 Å². The summed E-state index contributed by atoms with van der Waals surface area (Å²) in [5.74, 6) is 0.696. The maximum Gasteiger partial charge on any atom is 0.297 e. The summed E-state index contributed by atoms with van der Waals surface area (Å²) in [7, 11) is 0. The molecule has 2 aromatic heterocycles. The molecule has 0 unspecified atom stereocenters. The second-order valence-electron chi connectivity index (χ2n) is 4.50. The van der Waals surface area contributed by atoms with Gasteiger partial charge in [-0.2, -0.15) is 5.10 Å². The van der Waals surface area contributed by atoms with Crippen LogP contribution in [0.3, 0.4) is 0 Å². The molecule has 1 aromatic carbocycles. The van der Waals surface area contributed by atoms with Gasteiger partial charge in [0.2, 0.25) is 0 Å². The van der Waals surface area contributed by atoms with Gasteiger partial charge in [0.15, 0.2) is 5.52 Å². The topological polar surface area (TPSA) is 72.8 Å². The molecular formula is C14H14N4O2. The number of rotatable bonds is 4. The summed E-state index contributed by atoms with van der Waals surface area (Å²) < 4.78 is 6.77. The van der Waals surface area contributed by atoms with Gasteiger partial charge >= 0.3 is 0 Å². The van der Waals surface area contributed by atoms with E-state index < -0.39 is 0 Å². The van der Waals surface area contributed by atoms with E-state index in [0.29, 0.717) is 23.5 Å². The zero-order valence-electron chi connectivity index (χ0n) is 11.0. The zero-order chi connectivity index (χ0) is 13.9. The molecule has 2 heterocycles. The number of aryl methyl sites for hydroxylation is 1. The molecule has 102 valence electrons. The molecule has 0 saturated heterocycles. The molecule has 0 spiro atoms. The maximum atomic E-state index is 12.1. The van der Waals surface area contributed by atoms with Gasteiger partial charge in [-0.25, -0.2) is 9.67 Å². The number of nitrogens with one attached hydrogen (secondary N) is 1. The van der Waals surface area contributed by atoms with Crippen LogP contribution in [0.4, 0.5) is 0 Å². The van der Waals surface area contributed by atoms with Crippen LogP contribution in [-0.2, 0) is 18.1 Å². The Labute approximate surface area is 115 Å². The average molecular weight is 270 g/mol. The van der Waals surface area contributed by atoms with Crippen LogP contribution < -0.4 is 5.56 Å². The lowest BCUT2D eigenvalue weighted by Gasteiger charge is -2.05. The molecule has 6 heteroatoms. The second kappa shape index (κ2) is 5.26. The maximum absolute atomic E-state index is 12.1. The van der Waals surface area contributed by atoms with E-state index in [9.17, 15) is 4.79 Å². The molecule has 0 aliphatic carbocycles. The Morgan fingerprint density at radius 2 is 2.10 bits per heavy atom. The van der Waals surface area contributed by atoms with Crippen LogP contribution in [0.2, 0.25) is 0 Å². The van der Waals surface area contributed by atoms with Crippen LogP contribution in [0, 0.1) is 6.92 Å². The lowest BCUT2D eigenvalue weighted by atomic mass is 10.2. The standard InChI is InChI=1S/C14H14N4O2/c1-10-16-12-7-15-18(14(19)13(12)17-10)9-20-8-11-5-3-2-4-6-11/h2-7H,8-9H2,1H3,(H,16,17). The van der Waals surface area contributed by atoms with Gasteiger partial charge in [0.25, 0.3) is 5.56 Å². The van der Waals surface area contributed by atoms with Gasteiger partial charge in [0.05, 0.1) is 18.3 Å². The van der Waals surface area contributed by atoms with E-state index in [4.69, 9.17) is 4.74 Å². The molecule has 1 N–H and O–H groups in total. The number of hydrogen-bond donors (Lipinski definition) is 1. The van der Waals surface area contributed by atoms with E-state index in [-0.39, 0.29) is 12.3 Å². The van der Waals surface area contributed by atoms with Gasteiger partial charge in [0.1, 0.15) is 12.6 Å². The molecule has 0 atom stereocenters. The number of imidazole rings is 1. The van der Waals surface area contributed by atoms with E-state index in [2.05, 4.69) is 15.1 Å². The number of benzene rings is 1. The number of aromatic nitrogens is 4. The Hall–Kier alpha value is -2.47. The van der Waals surface area contributed by atoms with Gasteiger partial charge in [-0.3, -0.25) is 4.79 Å². The molecule has 0 saturated carbocycles. The van der Waals surface area contributed by atoms with E-state index in [1.54, 1.807) is 13.1 Å². The first-order valence-electron chi connectivity index (χ1n) is 6.28. The number of fused-ring (bicyclic) bond motifs is 1. The fourth-order valence-corrected chi connectivity index (χ4v) is 1.98. The Bertz CT molecular complexity index is 777. The van der Waals surface area contributed by atoms with Crippen LogP contribution >= 0.6 is 0 Å². The number of ether oxygens (including phenoxy) is 1. The molecule has 0 radical (unpaired) electrons. The third-order valence-corrected chi connectivity index (χ3v) is 2.94. The van der Waals surface area contributed by atoms with Crippen LogP contribution in [0.1, 0.15) is 11.4 Å². The van der Waals surface area contributed by atoms with E-state index in [1.807, 2.05) is 30.3 Å². The molecule has 0 bridgehead atoms. The van der Waals surface area contributed by atoms with E-state index in [1.165, 1.54) is 4.68 Å². The quantitative estimate of drug-likeness (QED) is 0.781. The second-order valence-corrected chi connectivity index (χ2v) is 4.50. The van der Waals surface area contributed by atoms with Gasteiger partial charge in [-0.05, 0) is 12.5 Å². The predicted molar refractivity (Wildman–Crippen MR) is 74.1 cm³/mol. The first-order chi connectivity index (χ1) is 9.74. The molecular weight excluding hydrogens is 256 g/mol. The van der Waals surface area contributed by atoms with Crippen LogP contribution in [-0.4, -0.2) is 19.7 Å².